The molecule has 3 N–H and O–H groups in total. The molecule has 0 aromatic heterocycles. The highest BCUT2D eigenvalue weighted by Gasteiger charge is 2.51. The fourth-order valence-corrected chi connectivity index (χ4v) is 7.67. The lowest BCUT2D eigenvalue weighted by molar-refractivity contribution is -0.276. The molecule has 0 aliphatic carbocycles. The number of amides is 2. The topological polar surface area (TPSA) is 103 Å². The van der Waals surface area contributed by atoms with Crippen LogP contribution in [-0.4, -0.2) is 59.8 Å². The zero-order valence-electron chi connectivity index (χ0n) is 28.8. The Hall–Kier alpha value is -4.54. The smallest absolute Gasteiger partial charge is 0.247 e. The van der Waals surface area contributed by atoms with E-state index in [9.17, 15) is 14.7 Å². The summed E-state index contributed by atoms with van der Waals surface area (Å²) in [6.45, 7) is 7.00. The molecule has 0 radical (unpaired) electrons. The van der Waals surface area contributed by atoms with Gasteiger partial charge in [-0.2, -0.15) is 0 Å². The van der Waals surface area contributed by atoms with Gasteiger partial charge in [-0.3, -0.25) is 9.59 Å². The van der Waals surface area contributed by atoms with E-state index in [1.165, 1.54) is 6.92 Å². The lowest BCUT2D eigenvalue weighted by Crippen LogP contribution is -2.57. The molecule has 4 atom stereocenters. The fourth-order valence-electron chi connectivity index (χ4n) is 7.67. The van der Waals surface area contributed by atoms with Crippen LogP contribution in [0.3, 0.4) is 0 Å². The summed E-state index contributed by atoms with van der Waals surface area (Å²) in [4.78, 5) is 29.5. The van der Waals surface area contributed by atoms with Crippen molar-refractivity contribution in [1.29, 1.82) is 0 Å². The molecule has 0 bridgehead atoms. The van der Waals surface area contributed by atoms with Crippen molar-refractivity contribution in [2.24, 2.45) is 5.92 Å². The van der Waals surface area contributed by atoms with Crippen molar-refractivity contribution >= 4 is 17.5 Å². The van der Waals surface area contributed by atoms with E-state index in [1.807, 2.05) is 60.7 Å². The number of para-hydroxylation sites is 1. The number of aliphatic hydroxyl groups is 1. The summed E-state index contributed by atoms with van der Waals surface area (Å²) >= 11 is 0. The van der Waals surface area contributed by atoms with Crippen molar-refractivity contribution in [3.05, 3.63) is 125 Å². The van der Waals surface area contributed by atoms with Gasteiger partial charge in [-0.25, -0.2) is 0 Å². The van der Waals surface area contributed by atoms with Crippen LogP contribution in [0, 0.1) is 5.92 Å². The standard InChI is InChI=1S/C41H46N4O5/c1-28-37(25-44-20-18-41(19-21-44)40(48)43-27-45(41)36-12-4-3-5-13-36)49-39(50-38(28)32-16-14-30(26-46)15-17-32)35-11-7-10-34(23-35)33-9-6-8-31(22-33)24-42-29(2)47/h3-17,22-23,28,37-39,46H,18-21,24-27H2,1-2H3,(H,42,47)(H,43,48)/t28-,37+,38+,39+/m1/s1. The number of carbonyl (C=O) groups is 2. The Kier molecular flexibility index (Phi) is 10.0. The van der Waals surface area contributed by atoms with E-state index < -0.39 is 11.8 Å². The van der Waals surface area contributed by atoms with Crippen LogP contribution < -0.4 is 15.5 Å². The number of aliphatic hydroxyl groups excluding tert-OH is 1. The van der Waals surface area contributed by atoms with Crippen molar-refractivity contribution in [3.8, 4) is 11.1 Å². The average Bonchev–Trinajstić information content (AvgIpc) is 3.47. The first-order chi connectivity index (χ1) is 24.3. The Morgan fingerprint density at radius 2 is 1.60 bits per heavy atom. The molecule has 0 unspecified atom stereocenters. The molecule has 3 saturated heterocycles. The number of piperidine rings is 1. The monoisotopic (exact) mass is 674 g/mol. The minimum Gasteiger partial charge on any atom is -0.392 e. The maximum atomic E-state index is 13.3. The van der Waals surface area contributed by atoms with Crippen LogP contribution in [0.25, 0.3) is 11.1 Å². The second-order valence-corrected chi connectivity index (χ2v) is 13.8. The van der Waals surface area contributed by atoms with Crippen LogP contribution in [0.2, 0.25) is 0 Å². The molecule has 3 fully saturated rings. The predicted molar refractivity (Wildman–Crippen MR) is 193 cm³/mol. The van der Waals surface area contributed by atoms with Crippen molar-refractivity contribution in [1.82, 2.24) is 15.5 Å². The molecule has 4 aromatic rings. The summed E-state index contributed by atoms with van der Waals surface area (Å²) < 4.78 is 13.6. The highest BCUT2D eigenvalue weighted by molar-refractivity contribution is 5.93. The third-order valence-corrected chi connectivity index (χ3v) is 10.6. The summed E-state index contributed by atoms with van der Waals surface area (Å²) in [6, 6.07) is 34.7. The molecule has 7 rings (SSSR count). The summed E-state index contributed by atoms with van der Waals surface area (Å²) in [6.07, 6.45) is 0.541. The van der Waals surface area contributed by atoms with Gasteiger partial charge in [0.25, 0.3) is 0 Å². The van der Waals surface area contributed by atoms with Crippen molar-refractivity contribution in [3.63, 3.8) is 0 Å². The van der Waals surface area contributed by atoms with E-state index in [0.29, 0.717) is 13.2 Å². The SMILES string of the molecule is CC(=O)NCc1cccc(-c2cccc([C@H]3O[C@@H](CN4CCC5(CC4)C(=O)NCN5c4ccccc4)[C@@H](C)[C@@H](c4ccc(CO)cc4)O3)c2)c1. The van der Waals surface area contributed by atoms with E-state index >= 15 is 0 Å². The average molecular weight is 675 g/mol. The minimum atomic E-state index is -0.591. The van der Waals surface area contributed by atoms with Gasteiger partial charge in [0.15, 0.2) is 6.29 Å². The van der Waals surface area contributed by atoms with Gasteiger partial charge in [0, 0.05) is 50.3 Å². The second kappa shape index (κ2) is 14.7. The quantitative estimate of drug-likeness (QED) is 0.209. The zero-order valence-corrected chi connectivity index (χ0v) is 28.8. The molecule has 2 amide bonds. The number of rotatable bonds is 9. The van der Waals surface area contributed by atoms with E-state index in [1.54, 1.807) is 0 Å². The van der Waals surface area contributed by atoms with Crippen LogP contribution in [0.4, 0.5) is 5.69 Å². The van der Waals surface area contributed by atoms with E-state index in [-0.39, 0.29) is 36.5 Å². The maximum absolute atomic E-state index is 13.3. The van der Waals surface area contributed by atoms with Crippen LogP contribution in [-0.2, 0) is 32.2 Å². The lowest BCUT2D eigenvalue weighted by atomic mass is 9.84. The Morgan fingerprint density at radius 3 is 2.32 bits per heavy atom. The Bertz CT molecular complexity index is 1790. The third kappa shape index (κ3) is 7.04. The molecule has 9 heteroatoms. The van der Waals surface area contributed by atoms with Crippen LogP contribution >= 0.6 is 0 Å². The van der Waals surface area contributed by atoms with Crippen molar-refractivity contribution in [2.75, 3.05) is 31.2 Å². The Balaban J connectivity index is 1.12. The van der Waals surface area contributed by atoms with E-state index in [2.05, 4.69) is 69.8 Å². The number of carbonyl (C=O) groups excluding carboxylic acids is 2. The van der Waals surface area contributed by atoms with Crippen LogP contribution in [0.15, 0.2) is 103 Å². The van der Waals surface area contributed by atoms with Crippen molar-refractivity contribution < 1.29 is 24.2 Å². The number of anilines is 1. The highest BCUT2D eigenvalue weighted by Crippen LogP contribution is 2.43. The summed E-state index contributed by atoms with van der Waals surface area (Å²) in [7, 11) is 0. The number of nitrogens with zero attached hydrogens (tertiary/aromatic N) is 2. The minimum absolute atomic E-state index is 0.00923. The molecule has 9 nitrogen and oxygen atoms in total. The van der Waals surface area contributed by atoms with Crippen LogP contribution in [0.5, 0.6) is 0 Å². The lowest BCUT2D eigenvalue weighted by Gasteiger charge is -2.46. The Morgan fingerprint density at radius 1 is 0.880 bits per heavy atom. The van der Waals surface area contributed by atoms with Gasteiger partial charge in [-0.1, -0.05) is 85.8 Å². The maximum Gasteiger partial charge on any atom is 0.247 e. The molecule has 3 aliphatic rings. The molecule has 50 heavy (non-hydrogen) atoms. The molecule has 1 spiro atoms. The molecule has 0 saturated carbocycles. The number of ether oxygens (including phenoxy) is 2. The van der Waals surface area contributed by atoms with Gasteiger partial charge in [-0.05, 0) is 64.9 Å². The van der Waals surface area contributed by atoms with Crippen LogP contribution in [0.1, 0.15) is 61.3 Å². The number of nitrogens with one attached hydrogen (secondary N) is 2. The third-order valence-electron chi connectivity index (χ3n) is 10.6. The van der Waals surface area contributed by atoms with Gasteiger partial charge in [0.1, 0.15) is 5.54 Å². The first-order valence-electron chi connectivity index (χ1n) is 17.6. The number of likely N-dealkylation sites (tertiary alicyclic amines) is 1. The Labute approximate surface area is 294 Å². The fraction of sp³-hybridized carbons (Fsp3) is 0.366. The molecular weight excluding hydrogens is 628 g/mol. The molecule has 4 aromatic carbocycles. The predicted octanol–water partition coefficient (Wildman–Crippen LogP) is 5.70. The normalized spacial score (nSPS) is 23.5. The van der Waals surface area contributed by atoms with E-state index in [0.717, 1.165) is 71.5 Å². The van der Waals surface area contributed by atoms with Gasteiger partial charge in [-0.15, -0.1) is 0 Å². The molecule has 3 aliphatic heterocycles. The summed E-state index contributed by atoms with van der Waals surface area (Å²) in [5.41, 5.74) is 6.49. The first kappa shape index (κ1) is 33.9. The highest BCUT2D eigenvalue weighted by atomic mass is 16.7. The number of hydrogen-bond donors (Lipinski definition) is 3. The van der Waals surface area contributed by atoms with Gasteiger partial charge in [0.05, 0.1) is 25.5 Å². The number of hydrogen-bond acceptors (Lipinski definition) is 7. The second-order valence-electron chi connectivity index (χ2n) is 13.8. The summed E-state index contributed by atoms with van der Waals surface area (Å²) in [5, 5.41) is 15.7. The first-order valence-corrected chi connectivity index (χ1v) is 17.6. The molecular formula is C41H46N4O5. The van der Waals surface area contributed by atoms with Gasteiger partial charge < -0.3 is 35.0 Å². The molecule has 260 valence electrons. The van der Waals surface area contributed by atoms with Gasteiger partial charge >= 0.3 is 0 Å². The van der Waals surface area contributed by atoms with E-state index in [4.69, 9.17) is 9.47 Å². The number of benzene rings is 4. The molecule has 3 heterocycles. The summed E-state index contributed by atoms with van der Waals surface area (Å²) in [5.74, 6) is 0.102. The van der Waals surface area contributed by atoms with Crippen molar-refractivity contribution in [2.45, 2.75) is 63.9 Å². The zero-order chi connectivity index (χ0) is 34.7. The largest absolute Gasteiger partial charge is 0.392 e. The van der Waals surface area contributed by atoms with Gasteiger partial charge in [0.2, 0.25) is 11.8 Å².